The Labute approximate surface area is 594 Å². The van der Waals surface area contributed by atoms with Crippen molar-refractivity contribution in [2.24, 2.45) is 0 Å². The molecule has 4 nitrogen and oxygen atoms in total. The molecule has 0 amide bonds. The van der Waals surface area contributed by atoms with E-state index in [0.717, 1.165) is 32.9 Å². The number of hydrogen-bond acceptors (Lipinski definition) is 2. The molecule has 0 aliphatic carbocycles. The van der Waals surface area contributed by atoms with E-state index >= 15 is 0 Å². The summed E-state index contributed by atoms with van der Waals surface area (Å²) in [6, 6.07) is 138. The van der Waals surface area contributed by atoms with Crippen LogP contribution in [0.4, 0.5) is 28.4 Å². The van der Waals surface area contributed by atoms with Crippen LogP contribution < -0.4 is 10.2 Å². The number of hydrogen-bond donors (Lipinski definition) is 1. The van der Waals surface area contributed by atoms with E-state index in [0.29, 0.717) is 0 Å². The third kappa shape index (κ3) is 12.8. The predicted octanol–water partition coefficient (Wildman–Crippen LogP) is 26.2. The fourth-order valence-electron chi connectivity index (χ4n) is 13.7. The molecule has 0 atom stereocenters. The van der Waals surface area contributed by atoms with Gasteiger partial charge in [0.25, 0.3) is 0 Å². The number of rotatable bonds is 11. The van der Waals surface area contributed by atoms with E-state index in [-0.39, 0.29) is 21.1 Å². The Bertz CT molecular complexity index is 5750. The van der Waals surface area contributed by atoms with Crippen LogP contribution in [0.2, 0.25) is 0 Å². The normalized spacial score (nSPS) is 11.0. The van der Waals surface area contributed by atoms with Gasteiger partial charge in [-0.05, 0) is 200 Å². The maximum absolute atomic E-state index is 3.47. The maximum atomic E-state index is 3.47. The molecule has 0 fully saturated rings. The van der Waals surface area contributed by atoms with Crippen LogP contribution in [0.1, 0.15) is 0 Å². The summed E-state index contributed by atoms with van der Waals surface area (Å²) in [6.07, 6.45) is 0. The van der Waals surface area contributed by atoms with Crippen LogP contribution in [0.3, 0.4) is 0 Å². The van der Waals surface area contributed by atoms with E-state index < -0.39 is 0 Å². The first kappa shape index (κ1) is 62.5. The number of anilines is 5. The first-order chi connectivity index (χ1) is 48.0. The summed E-state index contributed by atoms with van der Waals surface area (Å²) >= 11 is 3.47. The van der Waals surface area contributed by atoms with Crippen LogP contribution in [0.5, 0.6) is 0 Å². The fraction of sp³-hybridized carbons (Fsp3) is 0. The molecule has 466 valence electrons. The van der Waals surface area contributed by atoms with Crippen LogP contribution in [0.15, 0.2) is 393 Å². The zero-order chi connectivity index (χ0) is 64.9. The second-order valence-electron chi connectivity index (χ2n) is 24.2. The number of halogens is 1. The molecule has 16 aromatic carbocycles. The van der Waals surface area contributed by atoms with Gasteiger partial charge >= 0.3 is 0 Å². The van der Waals surface area contributed by atoms with Crippen molar-refractivity contribution >= 4 is 110 Å². The molecule has 2 aromatic heterocycles. The van der Waals surface area contributed by atoms with Crippen LogP contribution in [0.25, 0.3) is 121 Å². The van der Waals surface area contributed by atoms with Crippen molar-refractivity contribution in [3.05, 3.63) is 393 Å². The van der Waals surface area contributed by atoms with Crippen LogP contribution in [-0.2, 0) is 21.1 Å². The summed E-state index contributed by atoms with van der Waals surface area (Å²) in [5.74, 6) is 0. The number of para-hydroxylation sites is 6. The monoisotopic (exact) mass is 1490 g/mol. The quantitative estimate of drug-likeness (QED) is 0.140. The smallest absolute Gasteiger partial charge is 0.0541 e. The summed E-state index contributed by atoms with van der Waals surface area (Å²) in [6.45, 7) is 0. The minimum Gasteiger partial charge on any atom is -0.356 e. The maximum Gasteiger partial charge on any atom is 0.0541 e. The first-order valence-electron chi connectivity index (χ1n) is 32.9. The van der Waals surface area contributed by atoms with Crippen molar-refractivity contribution in [1.82, 2.24) is 9.13 Å². The molecule has 0 saturated carbocycles. The molecule has 0 aliphatic heterocycles. The number of fused-ring (bicyclic) bond motifs is 8. The molecule has 18 rings (SSSR count). The van der Waals surface area contributed by atoms with Gasteiger partial charge in [0.2, 0.25) is 0 Å². The largest absolute Gasteiger partial charge is 0.356 e. The molecule has 0 radical (unpaired) electrons. The van der Waals surface area contributed by atoms with Gasteiger partial charge in [0, 0.05) is 86.9 Å². The molecule has 18 aromatic rings. The van der Waals surface area contributed by atoms with E-state index in [9.17, 15) is 0 Å². The Morgan fingerprint density at radius 3 is 1.03 bits per heavy atom. The molecule has 0 aliphatic rings. The number of nitrogens with one attached hydrogen (secondary N) is 1. The Hall–Kier alpha value is -11.6. The van der Waals surface area contributed by atoms with Crippen LogP contribution in [0, 0.1) is 0 Å². The van der Waals surface area contributed by atoms with Gasteiger partial charge in [-0.25, -0.2) is 0 Å². The Kier molecular flexibility index (Phi) is 18.1. The van der Waals surface area contributed by atoms with Crippen molar-refractivity contribution < 1.29 is 21.1 Å². The molecular formula is C92H65BrN4W. The average molecular weight is 1490 g/mol. The van der Waals surface area contributed by atoms with Gasteiger partial charge in [0.05, 0.1) is 22.1 Å². The van der Waals surface area contributed by atoms with Gasteiger partial charge < -0.3 is 19.4 Å². The predicted molar refractivity (Wildman–Crippen MR) is 417 cm³/mol. The summed E-state index contributed by atoms with van der Waals surface area (Å²) in [5.41, 5.74) is 22.6. The number of aromatic nitrogens is 2. The SMILES string of the molecule is Brc1ccc(-c2cccc3ccccc23)cc1.[W].c1ccc(N(c2ccc(-c3ccc4c(c3)c3ccccc3n4-c3ccccc3)cc2)c2ccc(-c3cccc4ccccc34)cc2)cc1.c1ccc(Nc2ccc(-c3ccc4c(c3)c3ccccc3n4-c3ccccc3)cc2)cc1. The zero-order valence-electron chi connectivity index (χ0n) is 53.6. The Morgan fingerprint density at radius 1 is 0.235 bits per heavy atom. The topological polar surface area (TPSA) is 25.1 Å². The standard InChI is InChI=1S/C46H32N2.C30H22N2.C16H11Br.W/c1-3-14-37(15-4-1)47(40-29-24-35(25-30-40)42-20-11-13-34-12-7-8-18-41(34)42)39-27-22-33(23-28-39)36-26-31-46-44(32-36)43-19-9-10-21-45(43)48(46)38-16-5-2-6-17-38;1-3-9-24(10-4-1)31-25-18-15-22(16-19-25)23-17-20-30-28(21-23)27-13-7-8-14-29(27)32(30)26-11-5-2-6-12-26;17-14-10-8-13(9-11-14)16-7-3-5-12-4-1-2-6-15(12)16;/h1-32H;1-21,31H;1-11H;. The van der Waals surface area contributed by atoms with Crippen molar-refractivity contribution in [2.75, 3.05) is 10.2 Å². The van der Waals surface area contributed by atoms with Gasteiger partial charge in [0.1, 0.15) is 0 Å². The summed E-state index contributed by atoms with van der Waals surface area (Å²) in [5, 5.41) is 13.6. The third-order valence-corrected chi connectivity index (χ3v) is 18.8. The molecule has 6 heteroatoms. The van der Waals surface area contributed by atoms with Crippen molar-refractivity contribution in [2.45, 2.75) is 0 Å². The minimum atomic E-state index is 0. The minimum absolute atomic E-state index is 0. The fourth-order valence-corrected chi connectivity index (χ4v) is 13.9. The van der Waals surface area contributed by atoms with Crippen molar-refractivity contribution in [3.8, 4) is 55.9 Å². The van der Waals surface area contributed by atoms with E-state index in [1.54, 1.807) is 0 Å². The van der Waals surface area contributed by atoms with Crippen LogP contribution in [-0.4, -0.2) is 9.13 Å². The summed E-state index contributed by atoms with van der Waals surface area (Å²) in [7, 11) is 0. The molecule has 2 heterocycles. The Morgan fingerprint density at radius 2 is 0.561 bits per heavy atom. The zero-order valence-corrected chi connectivity index (χ0v) is 58.1. The Balaban J connectivity index is 0.000000134. The molecule has 0 saturated heterocycles. The molecule has 0 unspecified atom stereocenters. The second kappa shape index (κ2) is 28.4. The third-order valence-electron chi connectivity index (χ3n) is 18.3. The first-order valence-corrected chi connectivity index (χ1v) is 33.7. The molecular weight excluding hydrogens is 1420 g/mol. The van der Waals surface area contributed by atoms with Gasteiger partial charge in [-0.15, -0.1) is 0 Å². The van der Waals surface area contributed by atoms with Crippen LogP contribution >= 0.6 is 15.9 Å². The molecule has 98 heavy (non-hydrogen) atoms. The number of benzene rings is 16. The van der Waals surface area contributed by atoms with Gasteiger partial charge in [-0.1, -0.05) is 271 Å². The molecule has 0 spiro atoms. The van der Waals surface area contributed by atoms with Crippen molar-refractivity contribution in [1.29, 1.82) is 0 Å². The van der Waals surface area contributed by atoms with E-state index in [4.69, 9.17) is 0 Å². The molecule has 1 N–H and O–H groups in total. The van der Waals surface area contributed by atoms with Gasteiger partial charge in [-0.2, -0.15) is 0 Å². The van der Waals surface area contributed by atoms with E-state index in [1.165, 1.54) is 121 Å². The van der Waals surface area contributed by atoms with Gasteiger partial charge in [-0.3, -0.25) is 0 Å². The van der Waals surface area contributed by atoms with E-state index in [2.05, 4.69) is 405 Å². The number of nitrogens with zero attached hydrogens (tertiary/aromatic N) is 3. The second-order valence-corrected chi connectivity index (χ2v) is 25.1. The average Bonchev–Trinajstić information content (AvgIpc) is 1.59. The van der Waals surface area contributed by atoms with Crippen molar-refractivity contribution in [3.63, 3.8) is 0 Å². The van der Waals surface area contributed by atoms with Gasteiger partial charge in [0.15, 0.2) is 0 Å². The molecule has 0 bridgehead atoms. The summed E-state index contributed by atoms with van der Waals surface area (Å²) < 4.78 is 5.82. The van der Waals surface area contributed by atoms with E-state index in [1.807, 2.05) is 18.2 Å². The summed E-state index contributed by atoms with van der Waals surface area (Å²) in [4.78, 5) is 2.33.